The lowest BCUT2D eigenvalue weighted by molar-refractivity contribution is 0.0971. The number of likely N-dealkylation sites (tertiary alicyclic amines) is 1. The van der Waals surface area contributed by atoms with Gasteiger partial charge >= 0.3 is 0 Å². The minimum Gasteiger partial charge on any atom is -0.497 e. The van der Waals surface area contributed by atoms with Crippen molar-refractivity contribution < 1.29 is 14.3 Å². The lowest BCUT2D eigenvalue weighted by atomic mass is 9.89. The Kier molecular flexibility index (Phi) is 8.55. The first-order valence-electron chi connectivity index (χ1n) is 12.8. The molecule has 0 radical (unpaired) electrons. The molecule has 1 N–H and O–H groups in total. The molecular weight excluding hydrogens is 448 g/mol. The number of aryl methyl sites for hydroxylation is 2. The minimum atomic E-state index is -0.125. The van der Waals surface area contributed by atoms with Crippen LogP contribution in [0, 0.1) is 13.8 Å². The second-order valence-corrected chi connectivity index (χ2v) is 9.75. The summed E-state index contributed by atoms with van der Waals surface area (Å²) in [4.78, 5) is 27.7. The van der Waals surface area contributed by atoms with Gasteiger partial charge < -0.3 is 15.0 Å². The molecule has 3 aromatic rings. The Labute approximate surface area is 214 Å². The molecule has 3 aromatic carbocycles. The summed E-state index contributed by atoms with van der Waals surface area (Å²) in [7, 11) is 1.61. The van der Waals surface area contributed by atoms with Crippen molar-refractivity contribution in [1.82, 2.24) is 4.90 Å². The number of methoxy groups -OCH3 is 1. The number of rotatable bonds is 9. The van der Waals surface area contributed by atoms with E-state index in [0.29, 0.717) is 17.9 Å². The van der Waals surface area contributed by atoms with Gasteiger partial charge in [-0.05, 0) is 118 Å². The molecule has 1 aliphatic heterocycles. The molecule has 4 rings (SSSR count). The molecule has 1 amide bonds. The largest absolute Gasteiger partial charge is 0.497 e. The number of ether oxygens (including phenoxy) is 1. The second-order valence-electron chi connectivity index (χ2n) is 9.75. The fourth-order valence-corrected chi connectivity index (χ4v) is 4.83. The molecule has 0 aromatic heterocycles. The number of anilines is 1. The molecule has 36 heavy (non-hydrogen) atoms. The molecule has 0 bridgehead atoms. The van der Waals surface area contributed by atoms with Gasteiger partial charge in [-0.25, -0.2) is 0 Å². The van der Waals surface area contributed by atoms with Crippen LogP contribution >= 0.6 is 0 Å². The monoisotopic (exact) mass is 484 g/mol. The van der Waals surface area contributed by atoms with E-state index in [0.717, 1.165) is 55.9 Å². The number of amides is 1. The summed E-state index contributed by atoms with van der Waals surface area (Å²) in [5, 5.41) is 3.02. The van der Waals surface area contributed by atoms with Gasteiger partial charge in [-0.15, -0.1) is 0 Å². The molecule has 0 spiro atoms. The topological polar surface area (TPSA) is 58.6 Å². The zero-order chi connectivity index (χ0) is 25.5. The third-order valence-corrected chi connectivity index (χ3v) is 7.26. The molecule has 188 valence electrons. The van der Waals surface area contributed by atoms with Crippen molar-refractivity contribution in [1.29, 1.82) is 0 Å². The van der Waals surface area contributed by atoms with Crippen molar-refractivity contribution in [3.8, 4) is 5.75 Å². The van der Waals surface area contributed by atoms with E-state index in [-0.39, 0.29) is 11.7 Å². The summed E-state index contributed by atoms with van der Waals surface area (Å²) < 4.78 is 5.17. The number of ketones is 1. The van der Waals surface area contributed by atoms with Crippen LogP contribution in [0.1, 0.15) is 69.0 Å². The molecule has 0 aliphatic carbocycles. The van der Waals surface area contributed by atoms with Crippen LogP contribution in [0.15, 0.2) is 66.7 Å². The lowest BCUT2D eigenvalue weighted by Crippen LogP contribution is -2.33. The summed E-state index contributed by atoms with van der Waals surface area (Å²) in [6.07, 6.45) is 3.66. The quantitative estimate of drug-likeness (QED) is 0.357. The molecule has 1 fully saturated rings. The number of benzene rings is 3. The van der Waals surface area contributed by atoms with Gasteiger partial charge in [0.1, 0.15) is 5.75 Å². The second kappa shape index (κ2) is 12.0. The average Bonchev–Trinajstić information content (AvgIpc) is 2.90. The number of carbonyl (C=O) groups excluding carboxylic acids is 2. The third-order valence-electron chi connectivity index (χ3n) is 7.26. The maximum atomic E-state index is 12.6. The molecule has 1 heterocycles. The van der Waals surface area contributed by atoms with Crippen LogP contribution in [0.5, 0.6) is 5.75 Å². The van der Waals surface area contributed by atoms with E-state index < -0.39 is 0 Å². The van der Waals surface area contributed by atoms with Crippen LogP contribution in [0.4, 0.5) is 5.69 Å². The SMILES string of the molecule is COc1ccc(C(=O)Nc2cccc(C3CCN(CCCC(=O)c4ccc(C)c(C)c4)CC3)c2)cc1. The first-order valence-corrected chi connectivity index (χ1v) is 12.8. The maximum Gasteiger partial charge on any atom is 0.255 e. The van der Waals surface area contributed by atoms with E-state index in [1.165, 1.54) is 16.7 Å². The van der Waals surface area contributed by atoms with Crippen molar-refractivity contribution in [2.24, 2.45) is 0 Å². The molecule has 0 atom stereocenters. The van der Waals surface area contributed by atoms with E-state index in [2.05, 4.69) is 36.2 Å². The number of hydrogen-bond donors (Lipinski definition) is 1. The van der Waals surface area contributed by atoms with Gasteiger partial charge in [0.15, 0.2) is 5.78 Å². The fraction of sp³-hybridized carbons (Fsp3) is 0.355. The standard InChI is InChI=1S/C31H36N2O3/c1-22-9-10-27(20-23(22)2)30(34)8-5-17-33-18-15-24(16-19-33)26-6-4-7-28(21-26)32-31(35)25-11-13-29(36-3)14-12-25/h4,6-7,9-14,20-21,24H,5,8,15-19H2,1-3H3,(H,32,35). The van der Waals surface area contributed by atoms with Crippen LogP contribution in [0.3, 0.4) is 0 Å². The molecule has 1 aliphatic rings. The number of nitrogens with one attached hydrogen (secondary N) is 1. The number of hydrogen-bond acceptors (Lipinski definition) is 4. The predicted octanol–water partition coefficient (Wildman–Crippen LogP) is 6.41. The van der Waals surface area contributed by atoms with Gasteiger partial charge in [0.25, 0.3) is 5.91 Å². The minimum absolute atomic E-state index is 0.125. The Hall–Kier alpha value is -3.44. The lowest BCUT2D eigenvalue weighted by Gasteiger charge is -2.32. The van der Waals surface area contributed by atoms with E-state index >= 15 is 0 Å². The van der Waals surface area contributed by atoms with Crippen molar-refractivity contribution >= 4 is 17.4 Å². The summed E-state index contributed by atoms with van der Waals surface area (Å²) >= 11 is 0. The number of carbonyl (C=O) groups is 2. The van der Waals surface area contributed by atoms with Gasteiger partial charge in [0.2, 0.25) is 0 Å². The van der Waals surface area contributed by atoms with Crippen molar-refractivity contribution in [2.75, 3.05) is 32.1 Å². The number of piperidine rings is 1. The first kappa shape index (κ1) is 25.6. The maximum absolute atomic E-state index is 12.6. The molecule has 1 saturated heterocycles. The first-order chi connectivity index (χ1) is 17.4. The summed E-state index contributed by atoms with van der Waals surface area (Å²) in [5.74, 6) is 1.32. The smallest absolute Gasteiger partial charge is 0.255 e. The van der Waals surface area contributed by atoms with Crippen molar-refractivity contribution in [3.05, 3.63) is 94.5 Å². The zero-order valence-electron chi connectivity index (χ0n) is 21.5. The van der Waals surface area contributed by atoms with Crippen LogP contribution in [-0.4, -0.2) is 43.3 Å². The Bertz CT molecular complexity index is 1190. The van der Waals surface area contributed by atoms with Crippen LogP contribution < -0.4 is 10.1 Å². The predicted molar refractivity (Wildman–Crippen MR) is 145 cm³/mol. The van der Waals surface area contributed by atoms with Gasteiger partial charge in [-0.1, -0.05) is 24.3 Å². The normalized spacial score (nSPS) is 14.4. The van der Waals surface area contributed by atoms with Gasteiger partial charge in [0, 0.05) is 23.2 Å². The highest BCUT2D eigenvalue weighted by atomic mass is 16.5. The van der Waals surface area contributed by atoms with Crippen LogP contribution in [-0.2, 0) is 0 Å². The van der Waals surface area contributed by atoms with Crippen LogP contribution in [0.2, 0.25) is 0 Å². The Morgan fingerprint density at radius 3 is 2.33 bits per heavy atom. The molecule has 0 saturated carbocycles. The molecule has 5 nitrogen and oxygen atoms in total. The summed E-state index contributed by atoms with van der Waals surface area (Å²) in [5.41, 5.74) is 5.92. The summed E-state index contributed by atoms with van der Waals surface area (Å²) in [6.45, 7) is 7.15. The Morgan fingerprint density at radius 2 is 1.64 bits per heavy atom. The highest BCUT2D eigenvalue weighted by Crippen LogP contribution is 2.30. The zero-order valence-corrected chi connectivity index (χ0v) is 21.5. The highest BCUT2D eigenvalue weighted by molar-refractivity contribution is 6.04. The third kappa shape index (κ3) is 6.61. The van der Waals surface area contributed by atoms with E-state index in [4.69, 9.17) is 4.74 Å². The number of nitrogens with zero attached hydrogens (tertiary/aromatic N) is 1. The molecular formula is C31H36N2O3. The van der Waals surface area contributed by atoms with E-state index in [1.807, 2.05) is 30.3 Å². The van der Waals surface area contributed by atoms with Crippen LogP contribution in [0.25, 0.3) is 0 Å². The van der Waals surface area contributed by atoms with Crippen molar-refractivity contribution in [2.45, 2.75) is 45.4 Å². The van der Waals surface area contributed by atoms with Gasteiger partial charge in [-0.3, -0.25) is 9.59 Å². The number of Topliss-reactive ketones (excluding diaryl/α,β-unsaturated/α-hetero) is 1. The average molecular weight is 485 g/mol. The van der Waals surface area contributed by atoms with Gasteiger partial charge in [0.05, 0.1) is 7.11 Å². The molecule has 5 heteroatoms. The van der Waals surface area contributed by atoms with Gasteiger partial charge in [-0.2, -0.15) is 0 Å². The highest BCUT2D eigenvalue weighted by Gasteiger charge is 2.21. The molecule has 0 unspecified atom stereocenters. The fourth-order valence-electron chi connectivity index (χ4n) is 4.83. The summed E-state index contributed by atoms with van der Waals surface area (Å²) in [6, 6.07) is 21.3. The van der Waals surface area contributed by atoms with Crippen molar-refractivity contribution in [3.63, 3.8) is 0 Å². The Balaban J connectivity index is 1.24. The van der Waals surface area contributed by atoms with E-state index in [1.54, 1.807) is 31.4 Å². The van der Waals surface area contributed by atoms with E-state index in [9.17, 15) is 9.59 Å². The Morgan fingerprint density at radius 1 is 0.917 bits per heavy atom.